The van der Waals surface area contributed by atoms with E-state index in [9.17, 15) is 14.9 Å². The third-order valence-corrected chi connectivity index (χ3v) is 5.98. The molecule has 1 heterocycles. The molecule has 1 aromatic heterocycles. The van der Waals surface area contributed by atoms with E-state index in [-0.39, 0.29) is 28.1 Å². The Balaban J connectivity index is 1.65. The molecule has 0 saturated carbocycles. The maximum Gasteiger partial charge on any atom is 0.271 e. The summed E-state index contributed by atoms with van der Waals surface area (Å²) in [5, 5.41) is 22.9. The molecule has 3 aromatic rings. The van der Waals surface area contributed by atoms with Crippen LogP contribution in [0.2, 0.25) is 5.02 Å². The molecular weight excluding hydrogens is 466 g/mol. The van der Waals surface area contributed by atoms with Crippen molar-refractivity contribution in [1.29, 1.82) is 0 Å². The molecule has 1 N–H and O–H groups in total. The summed E-state index contributed by atoms with van der Waals surface area (Å²) in [6.07, 6.45) is 2.09. The van der Waals surface area contributed by atoms with Crippen molar-refractivity contribution in [1.82, 2.24) is 14.8 Å². The van der Waals surface area contributed by atoms with Crippen molar-refractivity contribution in [3.63, 3.8) is 0 Å². The number of aromatic nitrogens is 3. The van der Waals surface area contributed by atoms with Crippen molar-refractivity contribution in [2.24, 2.45) is 0 Å². The molecule has 0 radical (unpaired) electrons. The minimum Gasteiger partial charge on any atom is -0.494 e. The third-order valence-electron chi connectivity index (χ3n) is 4.68. The SMILES string of the molecule is CCCCOc1ccc(-c2nnc(SCC(=O)Nc3cc([N+](=O)[O-])ccc3Cl)n2CC)cc1. The summed E-state index contributed by atoms with van der Waals surface area (Å²) in [6, 6.07) is 11.6. The molecule has 0 spiro atoms. The Hall–Kier alpha value is -3.11. The van der Waals surface area contributed by atoms with Gasteiger partial charge in [0.2, 0.25) is 5.91 Å². The fourth-order valence-electron chi connectivity index (χ4n) is 2.97. The van der Waals surface area contributed by atoms with Crippen molar-refractivity contribution in [2.45, 2.75) is 38.4 Å². The normalized spacial score (nSPS) is 10.8. The first-order chi connectivity index (χ1) is 15.9. The molecule has 0 unspecified atom stereocenters. The summed E-state index contributed by atoms with van der Waals surface area (Å²) in [7, 11) is 0. The van der Waals surface area contributed by atoms with Gasteiger partial charge in [-0.2, -0.15) is 0 Å². The summed E-state index contributed by atoms with van der Waals surface area (Å²) in [4.78, 5) is 22.8. The summed E-state index contributed by atoms with van der Waals surface area (Å²) < 4.78 is 7.63. The number of ether oxygens (including phenoxy) is 1. The zero-order valence-electron chi connectivity index (χ0n) is 18.3. The van der Waals surface area contributed by atoms with Crippen LogP contribution < -0.4 is 10.1 Å². The second kappa shape index (κ2) is 11.7. The highest BCUT2D eigenvalue weighted by atomic mass is 35.5. The predicted molar refractivity (Wildman–Crippen MR) is 129 cm³/mol. The first-order valence-electron chi connectivity index (χ1n) is 10.5. The molecule has 3 rings (SSSR count). The molecule has 0 saturated heterocycles. The van der Waals surface area contributed by atoms with E-state index in [1.54, 1.807) is 0 Å². The Kier molecular flexibility index (Phi) is 8.67. The van der Waals surface area contributed by atoms with Crippen molar-refractivity contribution < 1.29 is 14.5 Å². The monoisotopic (exact) mass is 489 g/mol. The number of hydrogen-bond donors (Lipinski definition) is 1. The molecule has 0 aliphatic heterocycles. The highest BCUT2D eigenvalue weighted by molar-refractivity contribution is 7.99. The number of hydrogen-bond acceptors (Lipinski definition) is 7. The fraction of sp³-hybridized carbons (Fsp3) is 0.318. The van der Waals surface area contributed by atoms with E-state index in [0.29, 0.717) is 24.1 Å². The second-order valence-electron chi connectivity index (χ2n) is 7.03. The van der Waals surface area contributed by atoms with E-state index in [1.165, 1.54) is 30.0 Å². The van der Waals surface area contributed by atoms with Crippen molar-refractivity contribution >= 4 is 40.6 Å². The molecule has 2 aromatic carbocycles. The second-order valence-corrected chi connectivity index (χ2v) is 8.38. The Morgan fingerprint density at radius 3 is 2.64 bits per heavy atom. The lowest BCUT2D eigenvalue weighted by Crippen LogP contribution is -2.15. The van der Waals surface area contributed by atoms with Crippen molar-refractivity contribution in [3.05, 3.63) is 57.6 Å². The van der Waals surface area contributed by atoms with Crippen LogP contribution in [-0.2, 0) is 11.3 Å². The van der Waals surface area contributed by atoms with Crippen LogP contribution in [-0.4, -0.2) is 38.0 Å². The number of anilines is 1. The van der Waals surface area contributed by atoms with Crippen LogP contribution in [0.4, 0.5) is 11.4 Å². The summed E-state index contributed by atoms with van der Waals surface area (Å²) in [5.41, 5.74) is 0.932. The molecule has 174 valence electrons. The van der Waals surface area contributed by atoms with Gasteiger partial charge in [-0.3, -0.25) is 14.9 Å². The quantitative estimate of drug-likeness (QED) is 0.165. The van der Waals surface area contributed by atoms with Crippen LogP contribution in [0, 0.1) is 10.1 Å². The van der Waals surface area contributed by atoms with E-state index >= 15 is 0 Å². The van der Waals surface area contributed by atoms with E-state index < -0.39 is 4.92 Å². The highest BCUT2D eigenvalue weighted by Gasteiger charge is 2.16. The van der Waals surface area contributed by atoms with E-state index in [0.717, 1.165) is 24.2 Å². The number of carbonyl (C=O) groups is 1. The smallest absolute Gasteiger partial charge is 0.271 e. The minimum absolute atomic E-state index is 0.0430. The summed E-state index contributed by atoms with van der Waals surface area (Å²) in [5.74, 6) is 1.19. The Morgan fingerprint density at radius 2 is 1.97 bits per heavy atom. The van der Waals surface area contributed by atoms with Crippen molar-refractivity contribution in [2.75, 3.05) is 17.7 Å². The number of rotatable bonds is 11. The fourth-order valence-corrected chi connectivity index (χ4v) is 3.93. The van der Waals surface area contributed by atoms with Gasteiger partial charge in [0.15, 0.2) is 11.0 Å². The number of nitrogens with one attached hydrogen (secondary N) is 1. The number of unbranched alkanes of at least 4 members (excludes halogenated alkanes) is 1. The number of nitro groups is 1. The third kappa shape index (κ3) is 6.45. The Morgan fingerprint density at radius 1 is 1.21 bits per heavy atom. The largest absolute Gasteiger partial charge is 0.494 e. The maximum absolute atomic E-state index is 12.4. The van der Waals surface area contributed by atoms with Gasteiger partial charge in [0.25, 0.3) is 5.69 Å². The highest BCUT2D eigenvalue weighted by Crippen LogP contribution is 2.28. The van der Waals surface area contributed by atoms with E-state index in [4.69, 9.17) is 16.3 Å². The lowest BCUT2D eigenvalue weighted by atomic mass is 10.2. The van der Waals surface area contributed by atoms with Gasteiger partial charge in [-0.1, -0.05) is 36.7 Å². The lowest BCUT2D eigenvalue weighted by molar-refractivity contribution is -0.384. The van der Waals surface area contributed by atoms with Crippen LogP contribution in [0.25, 0.3) is 11.4 Å². The predicted octanol–water partition coefficient (Wildman–Crippen LogP) is 5.44. The Bertz CT molecular complexity index is 1120. The van der Waals surface area contributed by atoms with Gasteiger partial charge in [-0.15, -0.1) is 10.2 Å². The average molecular weight is 490 g/mol. The molecule has 0 aliphatic rings. The number of nitro benzene ring substituents is 1. The molecule has 0 atom stereocenters. The number of non-ortho nitro benzene ring substituents is 1. The number of halogens is 1. The number of carbonyl (C=O) groups excluding carboxylic acids is 1. The van der Waals surface area contributed by atoms with Crippen LogP contribution in [0.1, 0.15) is 26.7 Å². The number of amides is 1. The summed E-state index contributed by atoms with van der Waals surface area (Å²) >= 11 is 7.27. The summed E-state index contributed by atoms with van der Waals surface area (Å²) in [6.45, 7) is 5.40. The maximum atomic E-state index is 12.4. The number of nitrogens with zero attached hydrogens (tertiary/aromatic N) is 4. The number of thioether (sulfide) groups is 1. The van der Waals surface area contributed by atoms with Crippen LogP contribution in [0.5, 0.6) is 5.75 Å². The molecule has 0 aliphatic carbocycles. The lowest BCUT2D eigenvalue weighted by Gasteiger charge is -2.09. The Labute approximate surface area is 200 Å². The molecule has 33 heavy (non-hydrogen) atoms. The van der Waals surface area contributed by atoms with Gasteiger partial charge < -0.3 is 14.6 Å². The molecule has 1 amide bonds. The van der Waals surface area contributed by atoms with E-state index in [2.05, 4.69) is 22.4 Å². The molecule has 11 heteroatoms. The minimum atomic E-state index is -0.546. The molecule has 0 bridgehead atoms. The van der Waals surface area contributed by atoms with Gasteiger partial charge in [0.1, 0.15) is 5.75 Å². The van der Waals surface area contributed by atoms with Crippen LogP contribution in [0.3, 0.4) is 0 Å². The van der Waals surface area contributed by atoms with Gasteiger partial charge in [0.05, 0.1) is 28.0 Å². The zero-order chi connectivity index (χ0) is 23.8. The first kappa shape index (κ1) is 24.5. The average Bonchev–Trinajstić information content (AvgIpc) is 3.22. The zero-order valence-corrected chi connectivity index (χ0v) is 19.9. The molecular formula is C22H24ClN5O4S. The first-order valence-corrected chi connectivity index (χ1v) is 11.8. The van der Waals surface area contributed by atoms with Gasteiger partial charge in [0, 0.05) is 24.2 Å². The van der Waals surface area contributed by atoms with E-state index in [1.807, 2.05) is 35.8 Å². The van der Waals surface area contributed by atoms with Gasteiger partial charge in [-0.25, -0.2) is 0 Å². The van der Waals surface area contributed by atoms with Crippen LogP contribution in [0.15, 0.2) is 47.6 Å². The molecule has 0 fully saturated rings. The van der Waals surface area contributed by atoms with Gasteiger partial charge in [-0.05, 0) is 43.7 Å². The van der Waals surface area contributed by atoms with Gasteiger partial charge >= 0.3 is 0 Å². The standard InChI is InChI=1S/C22H24ClN5O4S/c1-3-5-12-32-17-9-6-15(7-10-17)21-25-26-22(27(21)4-2)33-14-20(29)24-19-13-16(28(30)31)8-11-18(19)23/h6-11,13H,3-5,12,14H2,1-2H3,(H,24,29). The van der Waals surface area contributed by atoms with Crippen molar-refractivity contribution in [3.8, 4) is 17.1 Å². The number of benzene rings is 2. The molecule has 9 nitrogen and oxygen atoms in total. The topological polar surface area (TPSA) is 112 Å². The van der Waals surface area contributed by atoms with Crippen LogP contribution >= 0.6 is 23.4 Å².